The molecule has 1 aromatic rings. The van der Waals surface area contributed by atoms with Gasteiger partial charge in [-0.25, -0.2) is 4.79 Å². The zero-order chi connectivity index (χ0) is 19.6. The maximum atomic E-state index is 13.3. The molecule has 6 heteroatoms. The molecule has 1 aliphatic rings. The normalized spacial score (nSPS) is 18.0. The molecule has 0 saturated carbocycles. The summed E-state index contributed by atoms with van der Waals surface area (Å²) < 4.78 is 16.0. The van der Waals surface area contributed by atoms with Crippen LogP contribution in [0.15, 0.2) is 24.3 Å². The smallest absolute Gasteiger partial charge is 0.339 e. The molecule has 27 heavy (non-hydrogen) atoms. The number of methoxy groups -OCH3 is 1. The first-order valence-electron chi connectivity index (χ1n) is 9.79. The summed E-state index contributed by atoms with van der Waals surface area (Å²) in [6.45, 7) is 5.31. The Morgan fingerprint density at radius 3 is 2.67 bits per heavy atom. The zero-order valence-corrected chi connectivity index (χ0v) is 16.6. The highest BCUT2D eigenvalue weighted by Gasteiger charge is 2.33. The summed E-state index contributed by atoms with van der Waals surface area (Å²) in [6, 6.07) is 7.00. The summed E-state index contributed by atoms with van der Waals surface area (Å²) in [5, 5.41) is 0. The first-order valence-corrected chi connectivity index (χ1v) is 9.79. The Kier molecular flexibility index (Phi) is 8.75. The maximum Gasteiger partial charge on any atom is 0.339 e. The van der Waals surface area contributed by atoms with Crippen molar-refractivity contribution in [3.63, 3.8) is 0 Å². The third-order valence-electron chi connectivity index (χ3n) is 4.81. The maximum absolute atomic E-state index is 13.3. The van der Waals surface area contributed by atoms with E-state index >= 15 is 0 Å². The van der Waals surface area contributed by atoms with Crippen molar-refractivity contribution in [2.24, 2.45) is 0 Å². The molecule has 1 aliphatic heterocycles. The Bertz CT molecular complexity index is 612. The van der Waals surface area contributed by atoms with Gasteiger partial charge in [-0.1, -0.05) is 44.7 Å². The summed E-state index contributed by atoms with van der Waals surface area (Å²) in [5.74, 6) is -0.628. The average molecular weight is 377 g/mol. The van der Waals surface area contributed by atoms with Gasteiger partial charge >= 0.3 is 5.97 Å². The van der Waals surface area contributed by atoms with Crippen LogP contribution in [0.25, 0.3) is 0 Å². The van der Waals surface area contributed by atoms with Gasteiger partial charge in [0.15, 0.2) is 6.10 Å². The van der Waals surface area contributed by atoms with Gasteiger partial charge in [0.05, 0.1) is 38.2 Å². The molecular weight excluding hydrogens is 346 g/mol. The van der Waals surface area contributed by atoms with Gasteiger partial charge in [-0.05, 0) is 25.5 Å². The molecule has 2 rings (SSSR count). The van der Waals surface area contributed by atoms with Gasteiger partial charge in [-0.15, -0.1) is 0 Å². The Hall–Kier alpha value is -1.92. The van der Waals surface area contributed by atoms with E-state index in [0.29, 0.717) is 24.5 Å². The lowest BCUT2D eigenvalue weighted by Crippen LogP contribution is -2.49. The first-order chi connectivity index (χ1) is 13.1. The molecule has 6 nitrogen and oxygen atoms in total. The Balaban J connectivity index is 2.29. The molecule has 1 saturated heterocycles. The number of benzene rings is 1. The molecule has 0 unspecified atom stereocenters. The quantitative estimate of drug-likeness (QED) is 0.486. The highest BCUT2D eigenvalue weighted by Crippen LogP contribution is 2.27. The van der Waals surface area contributed by atoms with Crippen molar-refractivity contribution in [2.45, 2.75) is 58.1 Å². The zero-order valence-electron chi connectivity index (χ0n) is 16.6. The number of para-hydroxylation sites is 1. The van der Waals surface area contributed by atoms with Crippen LogP contribution in [-0.2, 0) is 19.0 Å². The Labute approximate surface area is 161 Å². The fourth-order valence-electron chi connectivity index (χ4n) is 3.32. The molecular formula is C21H31NO5. The van der Waals surface area contributed by atoms with E-state index in [-0.39, 0.29) is 18.6 Å². The van der Waals surface area contributed by atoms with Crippen LogP contribution in [0.5, 0.6) is 0 Å². The lowest BCUT2D eigenvalue weighted by atomic mass is 10.0. The number of ether oxygens (including phenoxy) is 3. The van der Waals surface area contributed by atoms with Crippen LogP contribution in [0.1, 0.15) is 56.3 Å². The summed E-state index contributed by atoms with van der Waals surface area (Å²) >= 11 is 0. The topological polar surface area (TPSA) is 65.1 Å². The molecule has 1 aromatic carbocycles. The third-order valence-corrected chi connectivity index (χ3v) is 4.81. The number of carbonyl (C=O) groups excluding carboxylic acids is 2. The molecule has 150 valence electrons. The summed E-state index contributed by atoms with van der Waals surface area (Å²) in [5.41, 5.74) is 0.942. The predicted octanol–water partition coefficient (Wildman–Crippen LogP) is 3.58. The van der Waals surface area contributed by atoms with Crippen molar-refractivity contribution in [1.29, 1.82) is 0 Å². The number of anilines is 1. The SMILES string of the molecule is CCCCCC[C@@H](C)N(C(=O)[C@@H]1COCCO1)c1ccccc1C(=O)OC. The number of hydrogen-bond donors (Lipinski definition) is 0. The molecule has 2 atom stereocenters. The van der Waals surface area contributed by atoms with E-state index in [4.69, 9.17) is 14.2 Å². The van der Waals surface area contributed by atoms with Gasteiger partial charge in [0.25, 0.3) is 5.91 Å². The molecule has 1 amide bonds. The number of hydrogen-bond acceptors (Lipinski definition) is 5. The summed E-state index contributed by atoms with van der Waals surface area (Å²) in [6.07, 6.45) is 4.71. The minimum absolute atomic E-state index is 0.0642. The van der Waals surface area contributed by atoms with Gasteiger partial charge < -0.3 is 19.1 Å². The minimum atomic E-state index is -0.650. The van der Waals surface area contributed by atoms with Crippen LogP contribution < -0.4 is 4.90 Å². The Morgan fingerprint density at radius 2 is 2.00 bits per heavy atom. The van der Waals surface area contributed by atoms with Crippen molar-refractivity contribution in [2.75, 3.05) is 31.8 Å². The third kappa shape index (κ3) is 5.78. The molecule has 1 fully saturated rings. The number of rotatable bonds is 9. The number of esters is 1. The van der Waals surface area contributed by atoms with E-state index in [1.54, 1.807) is 23.1 Å². The molecule has 0 aromatic heterocycles. The summed E-state index contributed by atoms with van der Waals surface area (Å²) in [7, 11) is 1.34. The fraction of sp³-hybridized carbons (Fsp3) is 0.619. The molecule has 0 N–H and O–H groups in total. The molecule has 0 spiro atoms. The van der Waals surface area contributed by atoms with E-state index in [1.165, 1.54) is 13.5 Å². The number of carbonyl (C=O) groups is 2. The predicted molar refractivity (Wildman–Crippen MR) is 104 cm³/mol. The van der Waals surface area contributed by atoms with Crippen molar-refractivity contribution in [1.82, 2.24) is 0 Å². The molecule has 1 heterocycles. The van der Waals surface area contributed by atoms with Crippen molar-refractivity contribution < 1.29 is 23.8 Å². The largest absolute Gasteiger partial charge is 0.465 e. The lowest BCUT2D eigenvalue weighted by Gasteiger charge is -2.34. The van der Waals surface area contributed by atoms with Gasteiger partial charge in [-0.2, -0.15) is 0 Å². The van der Waals surface area contributed by atoms with Crippen LogP contribution in [-0.4, -0.2) is 51.0 Å². The monoisotopic (exact) mass is 377 g/mol. The van der Waals surface area contributed by atoms with E-state index in [2.05, 4.69) is 6.92 Å². The van der Waals surface area contributed by atoms with Gasteiger partial charge in [0.2, 0.25) is 0 Å². The van der Waals surface area contributed by atoms with Crippen LogP contribution >= 0.6 is 0 Å². The van der Waals surface area contributed by atoms with E-state index in [0.717, 1.165) is 25.7 Å². The number of nitrogens with zero attached hydrogens (tertiary/aromatic N) is 1. The van der Waals surface area contributed by atoms with Crippen LogP contribution in [0.3, 0.4) is 0 Å². The van der Waals surface area contributed by atoms with Crippen molar-refractivity contribution in [3.8, 4) is 0 Å². The van der Waals surface area contributed by atoms with Gasteiger partial charge in [-0.3, -0.25) is 4.79 Å². The highest BCUT2D eigenvalue weighted by molar-refractivity contribution is 6.04. The second-order valence-corrected chi connectivity index (χ2v) is 6.85. The standard InChI is InChI=1S/C21H31NO5/c1-4-5-6-7-10-16(2)22(20(23)19-15-26-13-14-27-19)18-12-9-8-11-17(18)21(24)25-3/h8-9,11-12,16,19H,4-7,10,13-15H2,1-3H3/t16-,19+/m1/s1. The van der Waals surface area contributed by atoms with E-state index in [9.17, 15) is 9.59 Å². The van der Waals surface area contributed by atoms with E-state index < -0.39 is 12.1 Å². The van der Waals surface area contributed by atoms with Gasteiger partial charge in [0.1, 0.15) is 0 Å². The van der Waals surface area contributed by atoms with Crippen LogP contribution in [0, 0.1) is 0 Å². The molecule has 0 aliphatic carbocycles. The molecule has 0 bridgehead atoms. The Morgan fingerprint density at radius 1 is 1.22 bits per heavy atom. The highest BCUT2D eigenvalue weighted by atomic mass is 16.6. The minimum Gasteiger partial charge on any atom is -0.465 e. The van der Waals surface area contributed by atoms with E-state index in [1.807, 2.05) is 13.0 Å². The van der Waals surface area contributed by atoms with Crippen LogP contribution in [0.4, 0.5) is 5.69 Å². The first kappa shape index (κ1) is 21.4. The second-order valence-electron chi connectivity index (χ2n) is 6.85. The summed E-state index contributed by atoms with van der Waals surface area (Å²) in [4.78, 5) is 27.2. The fourth-order valence-corrected chi connectivity index (χ4v) is 3.32. The average Bonchev–Trinajstić information content (AvgIpc) is 2.71. The lowest BCUT2D eigenvalue weighted by molar-refractivity contribution is -0.145. The number of amides is 1. The molecule has 0 radical (unpaired) electrons. The number of unbranched alkanes of at least 4 members (excludes halogenated alkanes) is 3. The van der Waals surface area contributed by atoms with Crippen LogP contribution in [0.2, 0.25) is 0 Å². The van der Waals surface area contributed by atoms with Crippen molar-refractivity contribution in [3.05, 3.63) is 29.8 Å². The second kappa shape index (κ2) is 11.0. The van der Waals surface area contributed by atoms with Crippen molar-refractivity contribution >= 4 is 17.6 Å². The van der Waals surface area contributed by atoms with Gasteiger partial charge in [0, 0.05) is 6.04 Å².